The third-order valence-corrected chi connectivity index (χ3v) is 4.64. The quantitative estimate of drug-likeness (QED) is 0.464. The summed E-state index contributed by atoms with van der Waals surface area (Å²) >= 11 is 3.42. The van der Waals surface area contributed by atoms with E-state index in [0.717, 1.165) is 15.6 Å². The number of carbonyl (C=O) groups excluding carboxylic acids is 1. The van der Waals surface area contributed by atoms with Crippen LogP contribution in [0.15, 0.2) is 70.4 Å². The van der Waals surface area contributed by atoms with Gasteiger partial charge in [0.05, 0.1) is 12.8 Å². The fourth-order valence-electron chi connectivity index (χ4n) is 2.54. The van der Waals surface area contributed by atoms with Crippen LogP contribution in [0.5, 0.6) is 0 Å². The smallest absolute Gasteiger partial charge is 0.268 e. The molecule has 0 fully saturated rings. The fraction of sp³-hybridized carbons (Fsp3) is 0.190. The highest BCUT2D eigenvalue weighted by Gasteiger charge is 2.08. The zero-order chi connectivity index (χ0) is 19.2. The monoisotopic (exact) mass is 424 g/mol. The standard InChI is InChI=1S/C21H21BrN4O/c1-15(2)18-7-3-16(4-8-18)13-23-24-21(27)20-11-12-26(25-20)14-17-5-9-19(22)10-6-17/h3-13,15H,14H2,1-2H3,(H,24,27). The molecular weight excluding hydrogens is 404 g/mol. The molecule has 6 heteroatoms. The lowest BCUT2D eigenvalue weighted by Gasteiger charge is -2.04. The molecule has 3 aromatic rings. The van der Waals surface area contributed by atoms with Gasteiger partial charge in [-0.15, -0.1) is 0 Å². The van der Waals surface area contributed by atoms with Gasteiger partial charge in [0.1, 0.15) is 0 Å². The summed E-state index contributed by atoms with van der Waals surface area (Å²) in [5.74, 6) is 0.155. The van der Waals surface area contributed by atoms with E-state index in [2.05, 4.69) is 57.5 Å². The molecule has 1 amide bonds. The van der Waals surface area contributed by atoms with Crippen LogP contribution < -0.4 is 5.43 Å². The van der Waals surface area contributed by atoms with Crippen molar-refractivity contribution in [2.24, 2.45) is 5.10 Å². The zero-order valence-corrected chi connectivity index (χ0v) is 16.8. The van der Waals surface area contributed by atoms with Gasteiger partial charge in [-0.3, -0.25) is 9.48 Å². The van der Waals surface area contributed by atoms with Gasteiger partial charge in [0.2, 0.25) is 0 Å². The molecule has 138 valence electrons. The molecule has 1 heterocycles. The lowest BCUT2D eigenvalue weighted by atomic mass is 10.0. The first-order valence-corrected chi connectivity index (χ1v) is 9.52. The number of amides is 1. The molecule has 0 spiro atoms. The summed E-state index contributed by atoms with van der Waals surface area (Å²) in [5, 5.41) is 8.32. The van der Waals surface area contributed by atoms with Crippen molar-refractivity contribution in [3.8, 4) is 0 Å². The molecule has 0 aliphatic rings. The van der Waals surface area contributed by atoms with Crippen molar-refractivity contribution in [1.82, 2.24) is 15.2 Å². The Labute approximate surface area is 167 Å². The summed E-state index contributed by atoms with van der Waals surface area (Å²) in [6, 6.07) is 17.8. The number of nitrogens with zero attached hydrogens (tertiary/aromatic N) is 3. The van der Waals surface area contributed by atoms with Crippen LogP contribution in [0.3, 0.4) is 0 Å². The first-order valence-electron chi connectivity index (χ1n) is 8.72. The summed E-state index contributed by atoms with van der Waals surface area (Å²) in [7, 11) is 0. The molecule has 0 aliphatic carbocycles. The van der Waals surface area contributed by atoms with Crippen LogP contribution in [-0.4, -0.2) is 21.9 Å². The van der Waals surface area contributed by atoms with E-state index in [1.54, 1.807) is 23.2 Å². The number of benzene rings is 2. The van der Waals surface area contributed by atoms with Gasteiger partial charge >= 0.3 is 0 Å². The van der Waals surface area contributed by atoms with Crippen molar-refractivity contribution in [2.75, 3.05) is 0 Å². The second kappa shape index (κ2) is 8.77. The van der Waals surface area contributed by atoms with Crippen molar-refractivity contribution < 1.29 is 4.79 Å². The lowest BCUT2D eigenvalue weighted by Crippen LogP contribution is -2.18. The Balaban J connectivity index is 1.56. The number of nitrogens with one attached hydrogen (secondary N) is 1. The number of hydrazone groups is 1. The number of halogens is 1. The third kappa shape index (κ3) is 5.37. The third-order valence-electron chi connectivity index (χ3n) is 4.11. The molecule has 0 atom stereocenters. The van der Waals surface area contributed by atoms with E-state index in [4.69, 9.17) is 0 Å². The molecule has 0 saturated heterocycles. The molecule has 0 bridgehead atoms. The van der Waals surface area contributed by atoms with Crippen molar-refractivity contribution >= 4 is 28.1 Å². The van der Waals surface area contributed by atoms with Gasteiger partial charge < -0.3 is 0 Å². The van der Waals surface area contributed by atoms with Crippen molar-refractivity contribution in [3.05, 3.63) is 87.7 Å². The van der Waals surface area contributed by atoms with Crippen LogP contribution >= 0.6 is 15.9 Å². The summed E-state index contributed by atoms with van der Waals surface area (Å²) in [5.41, 5.74) is 6.16. The summed E-state index contributed by atoms with van der Waals surface area (Å²) in [4.78, 5) is 12.2. The van der Waals surface area contributed by atoms with Crippen LogP contribution in [0.25, 0.3) is 0 Å². The van der Waals surface area contributed by atoms with Gasteiger partial charge in [0.15, 0.2) is 5.69 Å². The predicted molar refractivity (Wildman–Crippen MR) is 111 cm³/mol. The molecule has 2 aromatic carbocycles. The van der Waals surface area contributed by atoms with Gasteiger partial charge in [0.25, 0.3) is 5.91 Å². The number of hydrogen-bond donors (Lipinski definition) is 1. The topological polar surface area (TPSA) is 59.3 Å². The Morgan fingerprint density at radius 2 is 1.85 bits per heavy atom. The maximum Gasteiger partial charge on any atom is 0.291 e. The second-order valence-electron chi connectivity index (χ2n) is 6.55. The second-order valence-corrected chi connectivity index (χ2v) is 7.46. The number of rotatable bonds is 6. The molecule has 0 radical (unpaired) electrons. The Bertz CT molecular complexity index is 928. The van der Waals surface area contributed by atoms with Crippen molar-refractivity contribution in [2.45, 2.75) is 26.3 Å². The molecule has 0 saturated carbocycles. The predicted octanol–water partition coefficient (Wildman–Crippen LogP) is 4.58. The highest BCUT2D eigenvalue weighted by Crippen LogP contribution is 2.14. The molecule has 1 N–H and O–H groups in total. The van der Waals surface area contributed by atoms with Crippen molar-refractivity contribution in [1.29, 1.82) is 0 Å². The van der Waals surface area contributed by atoms with Gasteiger partial charge in [-0.2, -0.15) is 10.2 Å². The zero-order valence-electron chi connectivity index (χ0n) is 15.3. The minimum Gasteiger partial charge on any atom is -0.268 e. The van der Waals surface area contributed by atoms with E-state index in [9.17, 15) is 4.79 Å². The molecular formula is C21H21BrN4O. The molecule has 1 aromatic heterocycles. The van der Waals surface area contributed by atoms with E-state index in [-0.39, 0.29) is 5.91 Å². The molecule has 5 nitrogen and oxygen atoms in total. The molecule has 3 rings (SSSR count). The van der Waals surface area contributed by atoms with Crippen molar-refractivity contribution in [3.63, 3.8) is 0 Å². The summed E-state index contributed by atoms with van der Waals surface area (Å²) in [6.07, 6.45) is 3.41. The Kier molecular flexibility index (Phi) is 6.19. The van der Waals surface area contributed by atoms with Crippen LogP contribution in [-0.2, 0) is 6.54 Å². The first kappa shape index (κ1) is 19.0. The van der Waals surface area contributed by atoms with Crippen LogP contribution in [0.1, 0.15) is 46.9 Å². The van der Waals surface area contributed by atoms with E-state index < -0.39 is 0 Å². The van der Waals surface area contributed by atoms with E-state index in [1.807, 2.05) is 36.4 Å². The number of carbonyl (C=O) groups is 1. The first-order chi connectivity index (χ1) is 13.0. The minimum absolute atomic E-state index is 0.333. The largest absolute Gasteiger partial charge is 0.291 e. The van der Waals surface area contributed by atoms with Gasteiger partial charge in [-0.25, -0.2) is 5.43 Å². The number of aromatic nitrogens is 2. The molecule has 27 heavy (non-hydrogen) atoms. The van der Waals surface area contributed by atoms with Gasteiger partial charge in [0, 0.05) is 10.7 Å². The van der Waals surface area contributed by atoms with Gasteiger partial charge in [-0.05, 0) is 40.8 Å². The SMILES string of the molecule is CC(C)c1ccc(C=NNC(=O)c2ccn(Cc3ccc(Br)cc3)n2)cc1. The highest BCUT2D eigenvalue weighted by molar-refractivity contribution is 9.10. The average Bonchev–Trinajstić information content (AvgIpc) is 3.12. The molecule has 0 aliphatic heterocycles. The Morgan fingerprint density at radius 1 is 1.15 bits per heavy atom. The fourth-order valence-corrected chi connectivity index (χ4v) is 2.80. The van der Waals surface area contributed by atoms with Gasteiger partial charge in [-0.1, -0.05) is 66.2 Å². The van der Waals surface area contributed by atoms with Crippen LogP contribution in [0.2, 0.25) is 0 Å². The maximum atomic E-state index is 12.2. The normalized spacial score (nSPS) is 11.3. The van der Waals surface area contributed by atoms with Crippen LogP contribution in [0.4, 0.5) is 0 Å². The average molecular weight is 425 g/mol. The Hall–Kier alpha value is -2.73. The van der Waals surface area contributed by atoms with E-state index in [0.29, 0.717) is 18.2 Å². The van der Waals surface area contributed by atoms with E-state index in [1.165, 1.54) is 5.56 Å². The Morgan fingerprint density at radius 3 is 2.52 bits per heavy atom. The maximum absolute atomic E-state index is 12.2. The summed E-state index contributed by atoms with van der Waals surface area (Å²) in [6.45, 7) is 4.91. The summed E-state index contributed by atoms with van der Waals surface area (Å²) < 4.78 is 2.76. The number of hydrogen-bond acceptors (Lipinski definition) is 3. The van der Waals surface area contributed by atoms with E-state index >= 15 is 0 Å². The minimum atomic E-state index is -0.334. The highest BCUT2D eigenvalue weighted by atomic mass is 79.9. The lowest BCUT2D eigenvalue weighted by molar-refractivity contribution is 0.0949. The van der Waals surface area contributed by atoms with Crippen LogP contribution in [0, 0.1) is 0 Å². The molecule has 0 unspecified atom stereocenters.